The number of nitrogens with two attached hydrogens (primary N) is 2. The molecule has 6 rings (SSSR count). The van der Waals surface area contributed by atoms with Crippen molar-refractivity contribution in [2.75, 3.05) is 30.4 Å². The highest BCUT2D eigenvalue weighted by molar-refractivity contribution is 6.14. The molecule has 206 valence electrons. The molecule has 2 aliphatic rings. The Morgan fingerprint density at radius 2 is 1.72 bits per heavy atom. The Morgan fingerprint density at radius 3 is 2.44 bits per heavy atom. The molecule has 2 fully saturated rings. The third-order valence-electron chi connectivity index (χ3n) is 7.32. The Hall–Kier alpha value is -3.96. The number of amides is 1. The molecule has 0 radical (unpaired) electrons. The molecule has 1 saturated heterocycles. The Bertz CT molecular complexity index is 1490. The quantitative estimate of drug-likeness (QED) is 0.212. The predicted octanol–water partition coefficient (Wildman–Crippen LogP) is 2.50. The minimum absolute atomic E-state index is 0.195. The summed E-state index contributed by atoms with van der Waals surface area (Å²) in [7, 11) is 5.28. The molecule has 11 nitrogen and oxygen atoms in total. The molecule has 11 heteroatoms. The van der Waals surface area contributed by atoms with E-state index in [0.29, 0.717) is 29.4 Å². The zero-order valence-electron chi connectivity index (χ0n) is 22.9. The molecule has 1 saturated carbocycles. The lowest BCUT2D eigenvalue weighted by atomic mass is 10.0. The third kappa shape index (κ3) is 5.74. The number of hydrogen-bond donors (Lipinski definition) is 4. The summed E-state index contributed by atoms with van der Waals surface area (Å²) in [6, 6.07) is 9.15. The number of hydrogen-bond acceptors (Lipinski definition) is 7. The molecule has 4 aromatic rings. The normalized spacial score (nSPS) is 16.2. The van der Waals surface area contributed by atoms with Crippen LogP contribution in [0.3, 0.4) is 0 Å². The van der Waals surface area contributed by atoms with Crippen molar-refractivity contribution in [2.45, 2.75) is 44.3 Å². The number of piperidine rings is 1. The molecule has 2 aromatic heterocycles. The lowest BCUT2D eigenvalue weighted by molar-refractivity contribution is 0.102. The molecule has 1 amide bonds. The fourth-order valence-electron chi connectivity index (χ4n) is 5.40. The Labute approximate surface area is 228 Å². The van der Waals surface area contributed by atoms with Crippen LogP contribution in [0.15, 0.2) is 41.7 Å². The highest BCUT2D eigenvalue weighted by atomic mass is 16.1. The van der Waals surface area contributed by atoms with Gasteiger partial charge in [-0.25, -0.2) is 0 Å². The van der Waals surface area contributed by atoms with Crippen molar-refractivity contribution >= 4 is 45.4 Å². The maximum absolute atomic E-state index is 13.5. The largest absolute Gasteiger partial charge is 0.390 e. The van der Waals surface area contributed by atoms with Crippen LogP contribution in [0.4, 0.5) is 11.4 Å². The molecule has 1 aliphatic heterocycles. The number of carbonyl (C=O) groups is 1. The van der Waals surface area contributed by atoms with Crippen molar-refractivity contribution in [2.24, 2.45) is 30.6 Å². The highest BCUT2D eigenvalue weighted by Crippen LogP contribution is 2.32. The van der Waals surface area contributed by atoms with Crippen molar-refractivity contribution < 1.29 is 4.79 Å². The van der Waals surface area contributed by atoms with Crippen LogP contribution in [0, 0.1) is 0 Å². The second-order valence-corrected chi connectivity index (χ2v) is 10.2. The number of aromatic nitrogens is 4. The zero-order chi connectivity index (χ0) is 27.5. The van der Waals surface area contributed by atoms with Crippen LogP contribution in [0.25, 0.3) is 21.8 Å². The first kappa shape index (κ1) is 26.6. The van der Waals surface area contributed by atoms with E-state index in [-0.39, 0.29) is 5.91 Å². The molecule has 3 heterocycles. The second kappa shape index (κ2) is 11.4. The van der Waals surface area contributed by atoms with Gasteiger partial charge in [0.15, 0.2) is 0 Å². The molecule has 0 bridgehead atoms. The lowest BCUT2D eigenvalue weighted by Crippen LogP contribution is -2.43. The first-order chi connectivity index (χ1) is 19.0. The first-order valence-corrected chi connectivity index (χ1v) is 13.5. The van der Waals surface area contributed by atoms with E-state index in [9.17, 15) is 4.79 Å². The van der Waals surface area contributed by atoms with Crippen molar-refractivity contribution in [1.29, 1.82) is 0 Å². The van der Waals surface area contributed by atoms with E-state index in [1.807, 2.05) is 44.7 Å². The van der Waals surface area contributed by atoms with Gasteiger partial charge in [0.2, 0.25) is 0 Å². The SMILES string of the molecule is CN.Cn1cc2cc(NC(=O)c3ccc(N4CCC(NC5CC5)CC4)c4cn(C)nc34)cc(CN=CN)c2n1. The van der Waals surface area contributed by atoms with E-state index < -0.39 is 0 Å². The number of carbonyl (C=O) groups excluding carboxylic acids is 1. The van der Waals surface area contributed by atoms with Crippen LogP contribution in [0.2, 0.25) is 0 Å². The molecule has 2 aromatic carbocycles. The molecular weight excluding hydrogens is 492 g/mol. The number of nitrogens with zero attached hydrogens (tertiary/aromatic N) is 6. The molecule has 1 aliphatic carbocycles. The summed E-state index contributed by atoms with van der Waals surface area (Å²) < 4.78 is 3.55. The number of anilines is 2. The topological polar surface area (TPSA) is 144 Å². The van der Waals surface area contributed by atoms with Gasteiger partial charge in [0, 0.05) is 79.4 Å². The fourth-order valence-corrected chi connectivity index (χ4v) is 5.40. The van der Waals surface area contributed by atoms with Gasteiger partial charge in [0.25, 0.3) is 5.91 Å². The van der Waals surface area contributed by atoms with Crippen molar-refractivity contribution in [1.82, 2.24) is 24.9 Å². The molecule has 6 N–H and O–H groups in total. The predicted molar refractivity (Wildman–Crippen MR) is 157 cm³/mol. The van der Waals surface area contributed by atoms with Gasteiger partial charge in [-0.3, -0.25) is 19.2 Å². The van der Waals surface area contributed by atoms with Gasteiger partial charge in [0.1, 0.15) is 5.52 Å². The molecule has 0 unspecified atom stereocenters. The number of rotatable bonds is 7. The van der Waals surface area contributed by atoms with Crippen LogP contribution in [0.1, 0.15) is 41.6 Å². The van der Waals surface area contributed by atoms with E-state index in [4.69, 9.17) is 5.73 Å². The smallest absolute Gasteiger partial charge is 0.257 e. The summed E-state index contributed by atoms with van der Waals surface area (Å²) in [5.41, 5.74) is 14.8. The highest BCUT2D eigenvalue weighted by Gasteiger charge is 2.28. The summed E-state index contributed by atoms with van der Waals surface area (Å²) in [5, 5.41) is 18.0. The molecular formula is C28H38N10O. The van der Waals surface area contributed by atoms with Gasteiger partial charge in [-0.1, -0.05) is 0 Å². The van der Waals surface area contributed by atoms with Gasteiger partial charge in [-0.2, -0.15) is 10.2 Å². The summed E-state index contributed by atoms with van der Waals surface area (Å²) >= 11 is 0. The minimum Gasteiger partial charge on any atom is -0.390 e. The summed E-state index contributed by atoms with van der Waals surface area (Å²) in [4.78, 5) is 20.1. The molecule has 39 heavy (non-hydrogen) atoms. The Balaban J connectivity index is 0.00000151. The van der Waals surface area contributed by atoms with Crippen LogP contribution in [-0.4, -0.2) is 64.0 Å². The lowest BCUT2D eigenvalue weighted by Gasteiger charge is -2.34. The zero-order valence-corrected chi connectivity index (χ0v) is 22.9. The van der Waals surface area contributed by atoms with Crippen LogP contribution in [0.5, 0.6) is 0 Å². The van der Waals surface area contributed by atoms with Crippen LogP contribution >= 0.6 is 0 Å². The van der Waals surface area contributed by atoms with Crippen molar-refractivity contribution in [3.05, 3.63) is 47.8 Å². The van der Waals surface area contributed by atoms with Gasteiger partial charge in [-0.05, 0) is 57.0 Å². The van der Waals surface area contributed by atoms with Gasteiger partial charge < -0.3 is 27.0 Å². The van der Waals surface area contributed by atoms with Gasteiger partial charge in [-0.15, -0.1) is 0 Å². The van der Waals surface area contributed by atoms with Gasteiger partial charge in [0.05, 0.1) is 24.0 Å². The summed E-state index contributed by atoms with van der Waals surface area (Å²) in [6.45, 7) is 2.39. The number of aryl methyl sites for hydroxylation is 2. The Morgan fingerprint density at radius 1 is 1.03 bits per heavy atom. The maximum Gasteiger partial charge on any atom is 0.257 e. The maximum atomic E-state index is 13.5. The average Bonchev–Trinajstić information content (AvgIpc) is 3.53. The summed E-state index contributed by atoms with van der Waals surface area (Å²) in [5.74, 6) is -0.195. The minimum atomic E-state index is -0.195. The summed E-state index contributed by atoms with van der Waals surface area (Å²) in [6.07, 6.45) is 10.1. The number of benzene rings is 2. The third-order valence-corrected chi connectivity index (χ3v) is 7.32. The van der Waals surface area contributed by atoms with Crippen LogP contribution in [-0.2, 0) is 20.6 Å². The first-order valence-electron chi connectivity index (χ1n) is 13.5. The van der Waals surface area contributed by atoms with E-state index in [2.05, 4.69) is 42.5 Å². The van der Waals surface area contributed by atoms with E-state index in [0.717, 1.165) is 59.5 Å². The fraction of sp³-hybridized carbons (Fsp3) is 0.429. The second-order valence-electron chi connectivity index (χ2n) is 10.2. The van der Waals surface area contributed by atoms with E-state index in [1.165, 1.54) is 26.2 Å². The van der Waals surface area contributed by atoms with Crippen molar-refractivity contribution in [3.8, 4) is 0 Å². The number of fused-ring (bicyclic) bond motifs is 2. The monoisotopic (exact) mass is 530 g/mol. The number of aliphatic imine (C=N–C) groups is 1. The van der Waals surface area contributed by atoms with Crippen molar-refractivity contribution in [3.63, 3.8) is 0 Å². The molecule has 0 atom stereocenters. The number of nitrogens with one attached hydrogen (secondary N) is 2. The molecule has 0 spiro atoms. The van der Waals surface area contributed by atoms with Gasteiger partial charge >= 0.3 is 0 Å². The Kier molecular flexibility index (Phi) is 7.80. The standard InChI is InChI=1S/C27H33N9O.CH5N/c1-34-14-18-12-21(11-17(13-29-16-28)25(18)32-34)31-27(37)22-5-6-24(23-15-35(2)33-26(22)23)36-9-7-20(8-10-36)30-19-3-4-19;1-2/h5-6,11-12,14-16,19-20,30H,3-4,7-10,13H2,1-2H3,(H2,28,29)(H,31,37);2H2,1H3. The van der Waals surface area contributed by atoms with Crippen LogP contribution < -0.4 is 27.0 Å². The average molecular weight is 531 g/mol. The van der Waals surface area contributed by atoms with E-state index >= 15 is 0 Å². The van der Waals surface area contributed by atoms with E-state index in [1.54, 1.807) is 9.36 Å².